The zero-order valence-electron chi connectivity index (χ0n) is 10.5. The Labute approximate surface area is 116 Å². The number of nitrogens with one attached hydrogen (secondary N) is 1. The summed E-state index contributed by atoms with van der Waals surface area (Å²) in [5.41, 5.74) is 1.39. The van der Waals surface area contributed by atoms with Crippen LogP contribution in [0.1, 0.15) is 42.7 Å². The molecule has 0 aromatic carbocycles. The van der Waals surface area contributed by atoms with Crippen molar-refractivity contribution in [2.75, 3.05) is 6.54 Å². The molecule has 3 atom stereocenters. The van der Waals surface area contributed by atoms with E-state index in [9.17, 15) is 0 Å². The van der Waals surface area contributed by atoms with Gasteiger partial charge in [-0.2, -0.15) is 0 Å². The third kappa shape index (κ3) is 2.34. The molecule has 17 heavy (non-hydrogen) atoms. The lowest BCUT2D eigenvalue weighted by Gasteiger charge is -2.24. The van der Waals surface area contributed by atoms with E-state index in [-0.39, 0.29) is 0 Å². The normalized spacial score (nSPS) is 32.5. The Morgan fingerprint density at radius 2 is 2.12 bits per heavy atom. The van der Waals surface area contributed by atoms with Crippen molar-refractivity contribution < 1.29 is 0 Å². The van der Waals surface area contributed by atoms with E-state index in [1.165, 1.54) is 33.5 Å². The van der Waals surface area contributed by atoms with Crippen LogP contribution in [-0.2, 0) is 0 Å². The second kappa shape index (κ2) is 4.67. The lowest BCUT2D eigenvalue weighted by molar-refractivity contribution is 0.351. The smallest absolute Gasteiger partial charge is 0.0731 e. The molecule has 2 aliphatic rings. The van der Waals surface area contributed by atoms with Crippen molar-refractivity contribution in [2.24, 2.45) is 17.8 Å². The summed E-state index contributed by atoms with van der Waals surface area (Å²) in [6, 6.07) is 2.97. The number of thiophene rings is 1. The van der Waals surface area contributed by atoms with E-state index in [1.807, 2.05) is 11.3 Å². The minimum Gasteiger partial charge on any atom is -0.309 e. The molecule has 0 radical (unpaired) electrons. The van der Waals surface area contributed by atoms with Crippen molar-refractivity contribution in [1.82, 2.24) is 5.32 Å². The van der Waals surface area contributed by atoms with Crippen LogP contribution in [0.25, 0.3) is 0 Å². The number of hydrogen-bond donors (Lipinski definition) is 1. The van der Waals surface area contributed by atoms with Gasteiger partial charge in [-0.3, -0.25) is 0 Å². The molecular weight excluding hydrogens is 294 g/mol. The predicted octanol–water partition coefficient (Wildman–Crippen LogP) is 4.52. The van der Waals surface area contributed by atoms with Crippen molar-refractivity contribution in [1.29, 1.82) is 0 Å². The Morgan fingerprint density at radius 1 is 1.41 bits per heavy atom. The van der Waals surface area contributed by atoms with Gasteiger partial charge in [-0.25, -0.2) is 0 Å². The fourth-order valence-electron chi connectivity index (χ4n) is 3.39. The number of halogens is 1. The molecule has 1 heterocycles. The summed E-state index contributed by atoms with van der Waals surface area (Å²) in [6.45, 7) is 5.49. The molecule has 94 valence electrons. The zero-order valence-corrected chi connectivity index (χ0v) is 12.9. The fourth-order valence-corrected chi connectivity index (χ4v) is 5.13. The van der Waals surface area contributed by atoms with Crippen LogP contribution >= 0.6 is 27.3 Å². The van der Waals surface area contributed by atoms with Crippen LogP contribution in [0.3, 0.4) is 0 Å². The molecule has 1 aromatic heterocycles. The lowest BCUT2D eigenvalue weighted by atomic mass is 9.93. The molecule has 1 N–H and O–H groups in total. The van der Waals surface area contributed by atoms with E-state index in [1.54, 1.807) is 0 Å². The Hall–Kier alpha value is 0.140. The highest BCUT2D eigenvalue weighted by Gasteiger charge is 2.48. The number of rotatable bonds is 4. The van der Waals surface area contributed by atoms with Crippen LogP contribution in [0.5, 0.6) is 0 Å². The van der Waals surface area contributed by atoms with E-state index in [2.05, 4.69) is 41.2 Å². The summed E-state index contributed by atoms with van der Waals surface area (Å²) in [5.74, 6) is 3.03. The maximum absolute atomic E-state index is 3.71. The molecule has 0 saturated heterocycles. The zero-order chi connectivity index (χ0) is 12.0. The molecule has 2 saturated carbocycles. The van der Waals surface area contributed by atoms with Crippen molar-refractivity contribution >= 4 is 27.3 Å². The summed E-state index contributed by atoms with van der Waals surface area (Å²) in [5, 5.41) is 3.71. The second-order valence-electron chi connectivity index (χ2n) is 5.63. The molecule has 2 fully saturated rings. The van der Waals surface area contributed by atoms with Gasteiger partial charge >= 0.3 is 0 Å². The SMILES string of the molecule is CCNC(c1cc(C)c(Br)s1)C1CC2CC2C1. The molecule has 3 rings (SSSR count). The maximum Gasteiger partial charge on any atom is 0.0731 e. The summed E-state index contributed by atoms with van der Waals surface area (Å²) >= 11 is 5.57. The molecular formula is C14H20BrNS. The first-order valence-electron chi connectivity index (χ1n) is 6.68. The highest BCUT2D eigenvalue weighted by Crippen LogP contribution is 2.57. The molecule has 2 aliphatic carbocycles. The van der Waals surface area contributed by atoms with Crippen molar-refractivity contribution in [3.63, 3.8) is 0 Å². The van der Waals surface area contributed by atoms with Crippen molar-refractivity contribution in [3.8, 4) is 0 Å². The standard InChI is InChI=1S/C14H20BrNS/c1-3-16-13(11-6-9-5-10(9)7-11)12-4-8(2)14(15)17-12/h4,9-11,13,16H,3,5-7H2,1-2H3. The fraction of sp³-hybridized carbons (Fsp3) is 0.714. The minimum absolute atomic E-state index is 0.600. The van der Waals surface area contributed by atoms with Crippen molar-refractivity contribution in [2.45, 2.75) is 39.2 Å². The Bertz CT molecular complexity index is 385. The summed E-state index contributed by atoms with van der Waals surface area (Å²) in [7, 11) is 0. The van der Waals surface area contributed by atoms with E-state index in [0.717, 1.165) is 24.3 Å². The monoisotopic (exact) mass is 313 g/mol. The van der Waals surface area contributed by atoms with E-state index >= 15 is 0 Å². The van der Waals surface area contributed by atoms with Crippen LogP contribution < -0.4 is 5.32 Å². The van der Waals surface area contributed by atoms with Gasteiger partial charge in [0.25, 0.3) is 0 Å². The predicted molar refractivity (Wildman–Crippen MR) is 77.5 cm³/mol. The number of fused-ring (bicyclic) bond motifs is 1. The first kappa shape index (κ1) is 12.2. The van der Waals surface area contributed by atoms with Crippen LogP contribution in [0.15, 0.2) is 9.85 Å². The topological polar surface area (TPSA) is 12.0 Å². The molecule has 0 aliphatic heterocycles. The highest BCUT2D eigenvalue weighted by atomic mass is 79.9. The molecule has 0 amide bonds. The van der Waals surface area contributed by atoms with Crippen LogP contribution in [0, 0.1) is 24.7 Å². The van der Waals surface area contributed by atoms with E-state index in [4.69, 9.17) is 0 Å². The van der Waals surface area contributed by atoms with Crippen LogP contribution in [0.4, 0.5) is 0 Å². The summed E-state index contributed by atoms with van der Waals surface area (Å²) < 4.78 is 1.30. The molecule has 0 bridgehead atoms. The summed E-state index contributed by atoms with van der Waals surface area (Å²) in [4.78, 5) is 1.53. The van der Waals surface area contributed by atoms with Gasteiger partial charge in [-0.15, -0.1) is 11.3 Å². The maximum atomic E-state index is 3.71. The average Bonchev–Trinajstić information content (AvgIpc) is 2.76. The van der Waals surface area contributed by atoms with Gasteiger partial charge in [0, 0.05) is 10.9 Å². The van der Waals surface area contributed by atoms with Gasteiger partial charge in [-0.1, -0.05) is 6.92 Å². The Morgan fingerprint density at radius 3 is 2.65 bits per heavy atom. The van der Waals surface area contributed by atoms with Gasteiger partial charge in [0.2, 0.25) is 0 Å². The molecule has 0 spiro atoms. The first-order chi connectivity index (χ1) is 8.19. The van der Waals surface area contributed by atoms with Gasteiger partial charge in [0.15, 0.2) is 0 Å². The Balaban J connectivity index is 1.79. The first-order valence-corrected chi connectivity index (χ1v) is 8.29. The lowest BCUT2D eigenvalue weighted by Crippen LogP contribution is -2.26. The van der Waals surface area contributed by atoms with Crippen LogP contribution in [0.2, 0.25) is 0 Å². The Kier molecular flexibility index (Phi) is 3.35. The van der Waals surface area contributed by atoms with E-state index in [0.29, 0.717) is 6.04 Å². The van der Waals surface area contributed by atoms with E-state index < -0.39 is 0 Å². The molecule has 1 nitrogen and oxygen atoms in total. The third-order valence-corrected chi connectivity index (χ3v) is 6.58. The quantitative estimate of drug-likeness (QED) is 0.862. The third-order valence-electron chi connectivity index (χ3n) is 4.36. The minimum atomic E-state index is 0.600. The van der Waals surface area contributed by atoms with Gasteiger partial charge < -0.3 is 5.32 Å². The van der Waals surface area contributed by atoms with Gasteiger partial charge in [0.05, 0.1) is 3.79 Å². The molecule has 3 unspecified atom stereocenters. The second-order valence-corrected chi connectivity index (χ2v) is 8.03. The van der Waals surface area contributed by atoms with Crippen LogP contribution in [-0.4, -0.2) is 6.54 Å². The van der Waals surface area contributed by atoms with Gasteiger partial charge in [-0.05, 0) is 78.0 Å². The largest absolute Gasteiger partial charge is 0.309 e. The van der Waals surface area contributed by atoms with Gasteiger partial charge in [0.1, 0.15) is 0 Å². The molecule has 3 heteroatoms. The summed E-state index contributed by atoms with van der Waals surface area (Å²) in [6.07, 6.45) is 4.43. The highest BCUT2D eigenvalue weighted by molar-refractivity contribution is 9.11. The number of hydrogen-bond acceptors (Lipinski definition) is 2. The average molecular weight is 314 g/mol. The number of aryl methyl sites for hydroxylation is 1. The van der Waals surface area contributed by atoms with Crippen molar-refractivity contribution in [3.05, 3.63) is 20.3 Å². The molecule has 1 aromatic rings.